The van der Waals surface area contributed by atoms with Gasteiger partial charge in [0, 0.05) is 56.5 Å². The second-order valence-corrected chi connectivity index (χ2v) is 18.2. The zero-order chi connectivity index (χ0) is 42.8. The molecule has 8 bridgehead atoms. The molecule has 2 aliphatic rings. The summed E-state index contributed by atoms with van der Waals surface area (Å²) < 4.78 is 102. The van der Waals surface area contributed by atoms with Crippen LogP contribution in [0.25, 0.3) is 90.9 Å². The van der Waals surface area contributed by atoms with E-state index in [4.69, 9.17) is 9.97 Å². The van der Waals surface area contributed by atoms with Crippen molar-refractivity contribution in [1.82, 2.24) is 19.9 Å². The van der Waals surface area contributed by atoms with E-state index in [0.717, 1.165) is 0 Å². The smallest absolute Gasteiger partial charge is 0.294 e. The van der Waals surface area contributed by atoms with Crippen molar-refractivity contribution in [3.8, 4) is 44.5 Å². The number of fused-ring (bicyclic) bond motifs is 8. The van der Waals surface area contributed by atoms with Crippen LogP contribution in [0, 0.1) is 5.21 Å². The fourth-order valence-corrected chi connectivity index (χ4v) is 8.82. The number of H-pyrrole nitrogens is 2. The molecule has 18 heteroatoms. The molecule has 0 unspecified atom stereocenters. The van der Waals surface area contributed by atoms with E-state index in [-0.39, 0.29) is 14.7 Å². The first-order valence-electron chi connectivity index (χ1n) is 18.1. The lowest BCUT2D eigenvalue weighted by Gasteiger charge is -2.08. The summed E-state index contributed by atoms with van der Waals surface area (Å²) in [6.07, 6.45) is 9.84. The summed E-state index contributed by atoms with van der Waals surface area (Å²) in [6.45, 7) is 0. The van der Waals surface area contributed by atoms with Crippen LogP contribution in [0.5, 0.6) is 0 Å². The highest BCUT2D eigenvalue weighted by atomic mass is 32.2. The third-order valence-electron chi connectivity index (χ3n) is 10.2. The van der Waals surface area contributed by atoms with E-state index in [9.17, 15) is 44.1 Å². The quantitative estimate of drug-likeness (QED) is 0.0587. The second-order valence-electron chi connectivity index (χ2n) is 13.9. The molecule has 0 fully saturated rings. The predicted molar refractivity (Wildman–Crippen MR) is 229 cm³/mol. The van der Waals surface area contributed by atoms with E-state index in [2.05, 4.69) is 9.97 Å². The zero-order valence-corrected chi connectivity index (χ0v) is 33.6. The topological polar surface area (TPSA) is 247 Å². The van der Waals surface area contributed by atoms with Gasteiger partial charge in [-0.1, -0.05) is 36.4 Å². The van der Waals surface area contributed by atoms with Crippen molar-refractivity contribution < 1.29 is 43.6 Å². The summed E-state index contributed by atoms with van der Waals surface area (Å²) in [5, 5.41) is 12.2. The third kappa shape index (κ3) is 7.54. The lowest BCUT2D eigenvalue weighted by Crippen LogP contribution is -2.23. The van der Waals surface area contributed by atoms with Crippen LogP contribution in [-0.2, 0) is 30.4 Å². The number of aromatic nitrogens is 5. The Labute approximate surface area is 347 Å². The molecule has 61 heavy (non-hydrogen) atoms. The molecule has 304 valence electrons. The first kappa shape index (κ1) is 39.4. The third-order valence-corrected chi connectivity index (χ3v) is 12.8. The van der Waals surface area contributed by atoms with Gasteiger partial charge in [-0.25, -0.2) is 9.97 Å². The molecule has 0 spiro atoms. The van der Waals surface area contributed by atoms with Crippen molar-refractivity contribution in [2.45, 2.75) is 14.7 Å². The molecule has 3 aromatic carbocycles. The van der Waals surface area contributed by atoms with Crippen LogP contribution in [0.2, 0.25) is 0 Å². The zero-order valence-electron chi connectivity index (χ0n) is 31.1. The van der Waals surface area contributed by atoms with Crippen LogP contribution in [0.4, 0.5) is 0 Å². The van der Waals surface area contributed by atoms with Crippen molar-refractivity contribution in [2.75, 3.05) is 0 Å². The summed E-state index contributed by atoms with van der Waals surface area (Å²) in [7, 11) is -13.5. The fraction of sp³-hybridized carbons (Fsp3) is 0. The molecule has 6 heterocycles. The van der Waals surface area contributed by atoms with Crippen molar-refractivity contribution >= 4 is 76.7 Å². The normalized spacial score (nSPS) is 12.8. The Balaban J connectivity index is 1.44. The van der Waals surface area contributed by atoms with Gasteiger partial charge in [0.15, 0.2) is 12.4 Å². The first-order chi connectivity index (χ1) is 29.0. The monoisotopic (exact) mass is 871 g/mol. The number of benzene rings is 3. The Hall–Kier alpha value is -7.06. The Morgan fingerprint density at radius 3 is 0.885 bits per heavy atom. The average Bonchev–Trinajstić information content (AvgIpc) is 4.06. The van der Waals surface area contributed by atoms with E-state index < -0.39 is 30.4 Å². The average molecular weight is 872 g/mol. The molecule has 7 aromatic rings. The van der Waals surface area contributed by atoms with Gasteiger partial charge < -0.3 is 15.2 Å². The Morgan fingerprint density at radius 1 is 0.393 bits per heavy atom. The maximum absolute atomic E-state index is 12.2. The summed E-state index contributed by atoms with van der Waals surface area (Å²) in [5.74, 6) is 0. The molecule has 15 nitrogen and oxygen atoms in total. The maximum atomic E-state index is 12.2. The van der Waals surface area contributed by atoms with E-state index in [1.54, 1.807) is 72.8 Å². The van der Waals surface area contributed by atoms with Crippen LogP contribution in [0.15, 0.2) is 136 Å². The summed E-state index contributed by atoms with van der Waals surface area (Å²) >= 11 is 0. The second kappa shape index (κ2) is 14.6. The van der Waals surface area contributed by atoms with Gasteiger partial charge in [0.05, 0.1) is 37.5 Å². The molecule has 0 saturated heterocycles. The van der Waals surface area contributed by atoms with Gasteiger partial charge in [0.2, 0.25) is 0 Å². The molecule has 9 rings (SSSR count). The van der Waals surface area contributed by atoms with Crippen molar-refractivity contribution in [1.29, 1.82) is 0 Å². The predicted octanol–water partition coefficient (Wildman–Crippen LogP) is 7.70. The molecule has 0 radical (unpaired) electrons. The maximum Gasteiger partial charge on any atom is 0.294 e. The summed E-state index contributed by atoms with van der Waals surface area (Å²) in [6, 6.07) is 27.4. The number of hydrogen-bond donors (Lipinski definition) is 5. The summed E-state index contributed by atoms with van der Waals surface area (Å²) in [4.78, 5) is 16.2. The Bertz CT molecular complexity index is 3450. The van der Waals surface area contributed by atoms with Crippen molar-refractivity contribution in [3.05, 3.63) is 150 Å². The molecular formula is C43H29N5O10S3. The molecule has 0 amide bonds. The SMILES string of the molecule is O=S(=O)(O)c1ccc(-c2c3nc(c(-c4ccc(S(=O)(=O)O)cc4)c4ccc([nH]4)c(-c4cc[n+]([O-])cc4)c4nc(c(-c5ccc(S(=O)(=O)O)cc5)c5ccc2[nH]5)C=C4)C=C3)cc1. The van der Waals surface area contributed by atoms with Gasteiger partial charge in [0.1, 0.15) is 0 Å². The number of hydrogen-bond acceptors (Lipinski definition) is 9. The highest BCUT2D eigenvalue weighted by Crippen LogP contribution is 2.39. The first-order valence-corrected chi connectivity index (χ1v) is 22.4. The fourth-order valence-electron chi connectivity index (χ4n) is 7.38. The van der Waals surface area contributed by atoms with Gasteiger partial charge in [0.25, 0.3) is 30.4 Å². The number of pyridine rings is 1. The molecular weight excluding hydrogens is 843 g/mol. The van der Waals surface area contributed by atoms with E-state index in [1.165, 1.54) is 60.9 Å². The molecule has 4 aromatic heterocycles. The van der Waals surface area contributed by atoms with Crippen LogP contribution in [0.3, 0.4) is 0 Å². The van der Waals surface area contributed by atoms with Gasteiger partial charge in [-0.3, -0.25) is 13.7 Å². The van der Waals surface area contributed by atoms with Crippen LogP contribution in [0.1, 0.15) is 22.8 Å². The minimum atomic E-state index is -4.52. The van der Waals surface area contributed by atoms with Crippen LogP contribution < -0.4 is 4.73 Å². The molecule has 0 atom stereocenters. The molecule has 0 saturated carbocycles. The lowest BCUT2D eigenvalue weighted by molar-refractivity contribution is -0.605. The molecule has 2 aliphatic heterocycles. The standard InChI is InChI=1S/C43H29N5O10S3/c49-48-23-21-28(22-24-48)43-38-19-17-36(46-38)41(26-3-9-30(10-4-26)60(53,54)55)34-15-13-32(44-34)40(25-1-7-29(8-2-25)59(50,51)52)33-14-16-35(45-33)42(37-18-20-39(43)47-37)27-5-11-31(12-6-27)61(56,57)58/h1-24,44,47H,(H,50,51,52)(H,53,54,55)(H,56,57,58). The largest absolute Gasteiger partial charge is 0.619 e. The van der Waals surface area contributed by atoms with E-state index >= 15 is 0 Å². The minimum absolute atomic E-state index is 0.307. The number of nitrogens with zero attached hydrogens (tertiary/aromatic N) is 3. The van der Waals surface area contributed by atoms with Crippen molar-refractivity contribution in [3.63, 3.8) is 0 Å². The highest BCUT2D eigenvalue weighted by Gasteiger charge is 2.21. The van der Waals surface area contributed by atoms with Crippen LogP contribution in [-0.4, -0.2) is 58.8 Å². The Kier molecular flexibility index (Phi) is 9.42. The lowest BCUT2D eigenvalue weighted by atomic mass is 10.0. The van der Waals surface area contributed by atoms with Crippen LogP contribution >= 0.6 is 0 Å². The highest BCUT2D eigenvalue weighted by molar-refractivity contribution is 7.86. The van der Waals surface area contributed by atoms with Gasteiger partial charge in [-0.2, -0.15) is 30.0 Å². The summed E-state index contributed by atoms with van der Waals surface area (Å²) in [5.41, 5.74) is 8.49. The van der Waals surface area contributed by atoms with Gasteiger partial charge in [-0.15, -0.1) is 0 Å². The van der Waals surface area contributed by atoms with E-state index in [0.29, 0.717) is 94.1 Å². The van der Waals surface area contributed by atoms with Gasteiger partial charge >= 0.3 is 0 Å². The minimum Gasteiger partial charge on any atom is -0.619 e. The number of rotatable bonds is 7. The van der Waals surface area contributed by atoms with E-state index in [1.807, 2.05) is 12.1 Å². The molecule has 0 aliphatic carbocycles. The van der Waals surface area contributed by atoms with Crippen molar-refractivity contribution in [2.24, 2.45) is 0 Å². The van der Waals surface area contributed by atoms with Gasteiger partial charge in [-0.05, 0) is 107 Å². The number of aromatic amines is 2. The number of nitrogens with one attached hydrogen (secondary N) is 2. The molecule has 5 N–H and O–H groups in total. The Morgan fingerprint density at radius 2 is 0.639 bits per heavy atom.